The topological polar surface area (TPSA) is 45.6 Å². The Morgan fingerprint density at radius 2 is 2.00 bits per heavy atom. The zero-order valence-corrected chi connectivity index (χ0v) is 18.5. The molecule has 0 radical (unpaired) electrons. The van der Waals surface area contributed by atoms with Gasteiger partial charge in [0.2, 0.25) is 5.13 Å². The zero-order valence-electron chi connectivity index (χ0n) is 15.3. The summed E-state index contributed by atoms with van der Waals surface area (Å²) in [5.41, 5.74) is 2.88. The molecule has 1 saturated heterocycles. The van der Waals surface area contributed by atoms with E-state index in [1.165, 1.54) is 23.1 Å². The van der Waals surface area contributed by atoms with E-state index >= 15 is 0 Å². The molecule has 1 fully saturated rings. The summed E-state index contributed by atoms with van der Waals surface area (Å²) in [7, 11) is 0. The number of nitrogens with zero attached hydrogens (tertiary/aromatic N) is 3. The molecule has 2 aromatic carbocycles. The number of thiazole rings is 1. The van der Waals surface area contributed by atoms with Crippen LogP contribution in [0.2, 0.25) is 0 Å². The molecule has 0 aliphatic carbocycles. The monoisotopic (exact) mass is 481 g/mol. The first-order valence-electron chi connectivity index (χ1n) is 8.81. The van der Waals surface area contributed by atoms with Crippen LogP contribution in [0.15, 0.2) is 87.0 Å². The summed E-state index contributed by atoms with van der Waals surface area (Å²) >= 11 is 6.28. The summed E-state index contributed by atoms with van der Waals surface area (Å²) < 4.78 is 0.968. The lowest BCUT2D eigenvalue weighted by molar-refractivity contribution is -0.121. The number of aromatic nitrogens is 1. The van der Waals surface area contributed by atoms with Crippen molar-refractivity contribution in [2.45, 2.75) is 0 Å². The number of amidine groups is 1. The second-order valence-electron chi connectivity index (χ2n) is 6.15. The molecule has 0 saturated carbocycles. The van der Waals surface area contributed by atoms with E-state index in [0.29, 0.717) is 21.7 Å². The van der Waals surface area contributed by atoms with E-state index in [9.17, 15) is 4.79 Å². The Morgan fingerprint density at radius 3 is 2.76 bits per heavy atom. The lowest BCUT2D eigenvalue weighted by Crippen LogP contribution is -2.29. The van der Waals surface area contributed by atoms with Gasteiger partial charge >= 0.3 is 0 Å². The van der Waals surface area contributed by atoms with Crippen LogP contribution in [0.1, 0.15) is 5.56 Å². The van der Waals surface area contributed by atoms with Crippen LogP contribution in [0, 0.1) is 0 Å². The average Bonchev–Trinajstić information content (AvgIpc) is 3.30. The Labute approximate surface area is 185 Å². The number of rotatable bonds is 5. The average molecular weight is 482 g/mol. The predicted molar refractivity (Wildman–Crippen MR) is 126 cm³/mol. The molecule has 0 bridgehead atoms. The van der Waals surface area contributed by atoms with Gasteiger partial charge in [-0.05, 0) is 35.5 Å². The number of hydrogen-bond acceptors (Lipinski definition) is 5. The van der Waals surface area contributed by atoms with Crippen molar-refractivity contribution in [2.75, 3.05) is 6.54 Å². The molecule has 3 aromatic rings. The lowest BCUT2D eigenvalue weighted by Gasteiger charge is -2.11. The van der Waals surface area contributed by atoms with Crippen molar-refractivity contribution in [1.82, 2.24) is 9.88 Å². The largest absolute Gasteiger partial charge is 0.282 e. The molecule has 7 heteroatoms. The molecular weight excluding hydrogens is 466 g/mol. The standard InChI is InChI=1S/C22H16BrN3OS2/c1-2-11-26-20(27)19(13-15-7-6-10-17(23)12-15)29-22(26)25-21-24-18(14-28-21)16-8-4-3-5-9-16/h2-10,12-14H,1,11H2/b19-13-,25-22+. The van der Waals surface area contributed by atoms with Gasteiger partial charge in [0.15, 0.2) is 5.17 Å². The highest BCUT2D eigenvalue weighted by Crippen LogP contribution is 2.35. The van der Waals surface area contributed by atoms with Crippen molar-refractivity contribution in [3.63, 3.8) is 0 Å². The first kappa shape index (κ1) is 19.8. The van der Waals surface area contributed by atoms with E-state index in [0.717, 1.165) is 21.3 Å². The van der Waals surface area contributed by atoms with Crippen LogP contribution in [0.25, 0.3) is 17.3 Å². The Morgan fingerprint density at radius 1 is 1.17 bits per heavy atom. The van der Waals surface area contributed by atoms with Crippen molar-refractivity contribution in [3.8, 4) is 11.3 Å². The normalized spacial score (nSPS) is 16.7. The molecule has 0 N–H and O–H groups in total. The quantitative estimate of drug-likeness (QED) is 0.314. The molecule has 0 spiro atoms. The minimum atomic E-state index is -0.0755. The summed E-state index contributed by atoms with van der Waals surface area (Å²) in [4.78, 5) is 24.4. The molecule has 0 unspecified atom stereocenters. The molecule has 1 aliphatic heterocycles. The van der Waals surface area contributed by atoms with E-state index in [-0.39, 0.29) is 5.91 Å². The third-order valence-corrected chi connectivity index (χ3v) is 6.33. The van der Waals surface area contributed by atoms with Crippen molar-refractivity contribution in [2.24, 2.45) is 4.99 Å². The van der Waals surface area contributed by atoms with Gasteiger partial charge in [0.25, 0.3) is 5.91 Å². The number of benzene rings is 2. The lowest BCUT2D eigenvalue weighted by atomic mass is 10.2. The Bertz CT molecular complexity index is 1120. The van der Waals surface area contributed by atoms with Gasteiger partial charge in [-0.2, -0.15) is 4.99 Å². The molecular formula is C22H16BrN3OS2. The van der Waals surface area contributed by atoms with Gasteiger partial charge < -0.3 is 0 Å². The second-order valence-corrected chi connectivity index (χ2v) is 8.91. The maximum atomic E-state index is 12.9. The highest BCUT2D eigenvalue weighted by Gasteiger charge is 2.32. The molecule has 1 amide bonds. The SMILES string of the molecule is C=CCN1C(=O)/C(=C/c2cccc(Br)c2)S/C1=N/c1nc(-c2ccccc2)cs1. The number of thioether (sulfide) groups is 1. The van der Waals surface area contributed by atoms with E-state index in [4.69, 9.17) is 0 Å². The molecule has 4 nitrogen and oxygen atoms in total. The summed E-state index contributed by atoms with van der Waals surface area (Å²) in [5.74, 6) is -0.0755. The van der Waals surface area contributed by atoms with Crippen molar-refractivity contribution in [3.05, 3.63) is 87.6 Å². The maximum absolute atomic E-state index is 12.9. The van der Waals surface area contributed by atoms with Gasteiger partial charge in [-0.15, -0.1) is 17.9 Å². The van der Waals surface area contributed by atoms with Crippen LogP contribution >= 0.6 is 39.0 Å². The highest BCUT2D eigenvalue weighted by atomic mass is 79.9. The number of carbonyl (C=O) groups is 1. The molecule has 1 aromatic heterocycles. The minimum absolute atomic E-state index is 0.0755. The molecule has 0 atom stereocenters. The number of halogens is 1. The predicted octanol–water partition coefficient (Wildman–Crippen LogP) is 6.36. The maximum Gasteiger partial charge on any atom is 0.267 e. The smallest absolute Gasteiger partial charge is 0.267 e. The third-order valence-electron chi connectivity index (χ3n) is 4.10. The van der Waals surface area contributed by atoms with Gasteiger partial charge in [0.05, 0.1) is 10.6 Å². The van der Waals surface area contributed by atoms with E-state index in [2.05, 4.69) is 32.5 Å². The Hall–Kier alpha value is -2.48. The molecule has 29 heavy (non-hydrogen) atoms. The molecule has 1 aliphatic rings. The van der Waals surface area contributed by atoms with Crippen molar-refractivity contribution < 1.29 is 4.79 Å². The van der Waals surface area contributed by atoms with Crippen LogP contribution in [0.3, 0.4) is 0 Å². The van der Waals surface area contributed by atoms with E-state index in [1.54, 1.807) is 11.0 Å². The van der Waals surface area contributed by atoms with Gasteiger partial charge in [-0.3, -0.25) is 9.69 Å². The Kier molecular flexibility index (Phi) is 6.08. The van der Waals surface area contributed by atoms with E-state index in [1.807, 2.05) is 66.1 Å². The van der Waals surface area contributed by atoms with Crippen LogP contribution in [0.4, 0.5) is 5.13 Å². The van der Waals surface area contributed by atoms with Crippen LogP contribution in [-0.4, -0.2) is 27.5 Å². The fourth-order valence-electron chi connectivity index (χ4n) is 2.77. The van der Waals surface area contributed by atoms with Crippen LogP contribution < -0.4 is 0 Å². The number of hydrogen-bond donors (Lipinski definition) is 0. The van der Waals surface area contributed by atoms with Gasteiger partial charge in [-0.25, -0.2) is 4.98 Å². The molecule has 2 heterocycles. The number of amides is 1. The number of carbonyl (C=O) groups excluding carboxylic acids is 1. The first-order chi connectivity index (χ1) is 14.1. The third kappa shape index (κ3) is 4.58. The summed E-state index contributed by atoms with van der Waals surface area (Å²) in [5, 5.41) is 3.22. The van der Waals surface area contributed by atoms with Crippen LogP contribution in [-0.2, 0) is 4.79 Å². The number of aliphatic imine (C=N–C) groups is 1. The van der Waals surface area contributed by atoms with Crippen LogP contribution in [0.5, 0.6) is 0 Å². The molecule has 4 rings (SSSR count). The highest BCUT2D eigenvalue weighted by molar-refractivity contribution is 9.10. The first-order valence-corrected chi connectivity index (χ1v) is 11.3. The van der Waals surface area contributed by atoms with Gasteiger partial charge in [0.1, 0.15) is 0 Å². The van der Waals surface area contributed by atoms with Gasteiger partial charge in [0, 0.05) is 22.0 Å². The summed E-state index contributed by atoms with van der Waals surface area (Å²) in [6.07, 6.45) is 3.58. The molecule has 144 valence electrons. The fraction of sp³-hybridized carbons (Fsp3) is 0.0455. The van der Waals surface area contributed by atoms with E-state index < -0.39 is 0 Å². The second kappa shape index (κ2) is 8.90. The summed E-state index contributed by atoms with van der Waals surface area (Å²) in [6.45, 7) is 4.17. The fourth-order valence-corrected chi connectivity index (χ4v) is 4.93. The van der Waals surface area contributed by atoms with Gasteiger partial charge in [-0.1, -0.05) is 64.5 Å². The zero-order chi connectivity index (χ0) is 20.2. The summed E-state index contributed by atoms with van der Waals surface area (Å²) in [6, 6.07) is 17.8. The van der Waals surface area contributed by atoms with Crippen molar-refractivity contribution >= 4 is 61.3 Å². The minimum Gasteiger partial charge on any atom is -0.282 e. The van der Waals surface area contributed by atoms with Crippen molar-refractivity contribution in [1.29, 1.82) is 0 Å². The Balaban J connectivity index is 1.64.